The van der Waals surface area contributed by atoms with Gasteiger partial charge in [0.05, 0.1) is 0 Å². The molecule has 0 saturated carbocycles. The molecule has 0 aromatic heterocycles. The third-order valence-corrected chi connectivity index (χ3v) is 2.36. The van der Waals surface area contributed by atoms with Crippen molar-refractivity contribution in [2.24, 2.45) is 0 Å². The lowest BCUT2D eigenvalue weighted by atomic mass is 10.1. The van der Waals surface area contributed by atoms with Crippen molar-refractivity contribution < 1.29 is 9.90 Å². The van der Waals surface area contributed by atoms with E-state index < -0.39 is 0 Å². The van der Waals surface area contributed by atoms with Crippen LogP contribution in [0.2, 0.25) is 0 Å². The summed E-state index contributed by atoms with van der Waals surface area (Å²) in [5, 5.41) is 9.43. The van der Waals surface area contributed by atoms with E-state index in [2.05, 4.69) is 0 Å². The van der Waals surface area contributed by atoms with Gasteiger partial charge in [0.25, 0.3) is 5.91 Å². The number of rotatable bonds is 2. The molecular weight excluding hydrogens is 178 g/mol. The number of carbonyl (C=O) groups excluding carboxylic acids is 1. The minimum Gasteiger partial charge on any atom is -0.508 e. The molecule has 76 valence electrons. The third kappa shape index (κ3) is 1.87. The number of hydrogen-bond acceptors (Lipinski definition) is 2. The molecule has 1 rings (SSSR count). The molecule has 0 heterocycles. The maximum absolute atomic E-state index is 11.8. The van der Waals surface area contributed by atoms with Gasteiger partial charge in [0.15, 0.2) is 0 Å². The van der Waals surface area contributed by atoms with E-state index in [9.17, 15) is 9.90 Å². The van der Waals surface area contributed by atoms with E-state index >= 15 is 0 Å². The van der Waals surface area contributed by atoms with Crippen LogP contribution in [-0.4, -0.2) is 29.5 Å². The van der Waals surface area contributed by atoms with Crippen molar-refractivity contribution >= 4 is 5.91 Å². The average molecular weight is 193 g/mol. The van der Waals surface area contributed by atoms with Crippen LogP contribution in [-0.2, 0) is 0 Å². The SMILES string of the molecule is CCN(C)C(=O)c1cccc(O)c1C. The monoisotopic (exact) mass is 193 g/mol. The lowest BCUT2D eigenvalue weighted by Gasteiger charge is -2.16. The zero-order valence-electron chi connectivity index (χ0n) is 8.74. The van der Waals surface area contributed by atoms with Crippen LogP contribution in [0, 0.1) is 6.92 Å². The molecule has 0 fully saturated rings. The number of phenolic OH excluding ortho intramolecular Hbond substituents is 1. The van der Waals surface area contributed by atoms with E-state index in [0.29, 0.717) is 17.7 Å². The van der Waals surface area contributed by atoms with E-state index in [1.54, 1.807) is 37.1 Å². The minimum atomic E-state index is -0.0547. The van der Waals surface area contributed by atoms with Crippen molar-refractivity contribution in [2.75, 3.05) is 13.6 Å². The lowest BCUT2D eigenvalue weighted by molar-refractivity contribution is 0.0801. The fourth-order valence-electron chi connectivity index (χ4n) is 1.20. The summed E-state index contributed by atoms with van der Waals surface area (Å²) in [6.07, 6.45) is 0. The molecule has 0 unspecified atom stereocenters. The lowest BCUT2D eigenvalue weighted by Crippen LogP contribution is -2.26. The number of nitrogens with zero attached hydrogens (tertiary/aromatic N) is 1. The average Bonchev–Trinajstić information content (AvgIpc) is 2.20. The number of hydrogen-bond donors (Lipinski definition) is 1. The van der Waals surface area contributed by atoms with E-state index in [1.165, 1.54) is 0 Å². The molecule has 0 bridgehead atoms. The quantitative estimate of drug-likeness (QED) is 0.778. The Hall–Kier alpha value is -1.51. The van der Waals surface area contributed by atoms with Gasteiger partial charge in [-0.3, -0.25) is 4.79 Å². The van der Waals surface area contributed by atoms with Crippen LogP contribution in [0.4, 0.5) is 0 Å². The minimum absolute atomic E-state index is 0.0547. The Labute approximate surface area is 84.0 Å². The normalized spacial score (nSPS) is 9.93. The fraction of sp³-hybridized carbons (Fsp3) is 0.364. The van der Waals surface area contributed by atoms with Crippen LogP contribution < -0.4 is 0 Å². The molecule has 0 aliphatic carbocycles. The summed E-state index contributed by atoms with van der Waals surface area (Å²) in [7, 11) is 1.74. The Morgan fingerprint density at radius 2 is 2.14 bits per heavy atom. The summed E-state index contributed by atoms with van der Waals surface area (Å²) < 4.78 is 0. The topological polar surface area (TPSA) is 40.5 Å². The number of amides is 1. The van der Waals surface area contributed by atoms with Gasteiger partial charge < -0.3 is 10.0 Å². The Balaban J connectivity index is 3.07. The van der Waals surface area contributed by atoms with E-state index in [1.807, 2.05) is 6.92 Å². The van der Waals surface area contributed by atoms with Crippen molar-refractivity contribution in [2.45, 2.75) is 13.8 Å². The Bertz CT molecular complexity index is 347. The smallest absolute Gasteiger partial charge is 0.253 e. The molecule has 14 heavy (non-hydrogen) atoms. The molecule has 0 saturated heterocycles. The molecular formula is C11H15NO2. The van der Waals surface area contributed by atoms with Gasteiger partial charge in [0.1, 0.15) is 5.75 Å². The Kier molecular flexibility index (Phi) is 3.12. The van der Waals surface area contributed by atoms with Crippen LogP contribution >= 0.6 is 0 Å². The Morgan fingerprint density at radius 1 is 1.50 bits per heavy atom. The molecule has 1 N–H and O–H groups in total. The van der Waals surface area contributed by atoms with Crippen LogP contribution in [0.5, 0.6) is 5.75 Å². The highest BCUT2D eigenvalue weighted by atomic mass is 16.3. The van der Waals surface area contributed by atoms with Gasteiger partial charge >= 0.3 is 0 Å². The second-order valence-electron chi connectivity index (χ2n) is 3.27. The zero-order chi connectivity index (χ0) is 10.7. The van der Waals surface area contributed by atoms with Gasteiger partial charge in [-0.25, -0.2) is 0 Å². The zero-order valence-corrected chi connectivity index (χ0v) is 8.74. The molecule has 3 heteroatoms. The van der Waals surface area contributed by atoms with Gasteiger partial charge in [-0.05, 0) is 26.0 Å². The predicted octanol–water partition coefficient (Wildman–Crippen LogP) is 1.79. The molecule has 3 nitrogen and oxygen atoms in total. The highest BCUT2D eigenvalue weighted by Gasteiger charge is 2.13. The van der Waals surface area contributed by atoms with Crippen LogP contribution in [0.25, 0.3) is 0 Å². The molecule has 0 aliphatic rings. The highest BCUT2D eigenvalue weighted by Crippen LogP contribution is 2.20. The molecule has 1 aromatic rings. The number of aromatic hydroxyl groups is 1. The molecule has 0 aliphatic heterocycles. The number of phenols is 1. The summed E-state index contributed by atoms with van der Waals surface area (Å²) in [6.45, 7) is 4.32. The molecule has 1 aromatic carbocycles. The maximum atomic E-state index is 11.8. The molecule has 0 atom stereocenters. The van der Waals surface area contributed by atoms with Gasteiger partial charge in [0.2, 0.25) is 0 Å². The fourth-order valence-corrected chi connectivity index (χ4v) is 1.20. The van der Waals surface area contributed by atoms with Gasteiger partial charge in [-0.2, -0.15) is 0 Å². The van der Waals surface area contributed by atoms with Gasteiger partial charge in [0, 0.05) is 24.7 Å². The second kappa shape index (κ2) is 4.13. The summed E-state index contributed by atoms with van der Waals surface area (Å²) in [4.78, 5) is 13.4. The first-order valence-corrected chi connectivity index (χ1v) is 4.62. The predicted molar refractivity (Wildman–Crippen MR) is 55.5 cm³/mol. The number of benzene rings is 1. The first-order chi connectivity index (χ1) is 6.57. The van der Waals surface area contributed by atoms with Crippen LogP contribution in [0.1, 0.15) is 22.8 Å². The maximum Gasteiger partial charge on any atom is 0.253 e. The van der Waals surface area contributed by atoms with Crippen molar-refractivity contribution in [3.8, 4) is 5.75 Å². The largest absolute Gasteiger partial charge is 0.508 e. The Morgan fingerprint density at radius 3 is 2.71 bits per heavy atom. The third-order valence-electron chi connectivity index (χ3n) is 2.36. The van der Waals surface area contributed by atoms with Gasteiger partial charge in [-0.1, -0.05) is 6.07 Å². The van der Waals surface area contributed by atoms with Crippen molar-refractivity contribution in [3.05, 3.63) is 29.3 Å². The molecule has 0 spiro atoms. The summed E-state index contributed by atoms with van der Waals surface area (Å²) in [5.41, 5.74) is 1.20. The molecule has 1 amide bonds. The van der Waals surface area contributed by atoms with E-state index in [0.717, 1.165) is 0 Å². The van der Waals surface area contributed by atoms with Crippen molar-refractivity contribution in [1.82, 2.24) is 4.90 Å². The first kappa shape index (κ1) is 10.6. The highest BCUT2D eigenvalue weighted by molar-refractivity contribution is 5.96. The van der Waals surface area contributed by atoms with Crippen LogP contribution in [0.15, 0.2) is 18.2 Å². The summed E-state index contributed by atoms with van der Waals surface area (Å²) >= 11 is 0. The van der Waals surface area contributed by atoms with Crippen molar-refractivity contribution in [1.29, 1.82) is 0 Å². The number of carbonyl (C=O) groups is 1. The first-order valence-electron chi connectivity index (χ1n) is 4.62. The van der Waals surface area contributed by atoms with E-state index in [-0.39, 0.29) is 11.7 Å². The van der Waals surface area contributed by atoms with Gasteiger partial charge in [-0.15, -0.1) is 0 Å². The summed E-state index contributed by atoms with van der Waals surface area (Å²) in [5.74, 6) is 0.112. The summed E-state index contributed by atoms with van der Waals surface area (Å²) in [6, 6.07) is 4.99. The second-order valence-corrected chi connectivity index (χ2v) is 3.27. The van der Waals surface area contributed by atoms with Crippen molar-refractivity contribution in [3.63, 3.8) is 0 Å². The van der Waals surface area contributed by atoms with E-state index in [4.69, 9.17) is 0 Å². The standard InChI is InChI=1S/C11H15NO2/c1-4-12(3)11(14)9-6-5-7-10(13)8(9)2/h5-7,13H,4H2,1-3H3. The molecule has 0 radical (unpaired) electrons. The van der Waals surface area contributed by atoms with Crippen LogP contribution in [0.3, 0.4) is 0 Å².